The molecular weight excluding hydrogens is 758 g/mol. The molecule has 0 bridgehead atoms. The number of fused-ring (bicyclic) bond motifs is 3. The highest BCUT2D eigenvalue weighted by Crippen LogP contribution is 2.47. The van der Waals surface area contributed by atoms with Gasteiger partial charge in [-0.1, -0.05) is 153 Å². The van der Waals surface area contributed by atoms with Crippen molar-refractivity contribution in [1.82, 2.24) is 9.99 Å². The van der Waals surface area contributed by atoms with Gasteiger partial charge in [0.2, 0.25) is 0 Å². The largest absolute Gasteiger partial charge is 0.449 e. The van der Waals surface area contributed by atoms with Gasteiger partial charge in [0.1, 0.15) is 6.61 Å². The first-order valence-corrected chi connectivity index (χ1v) is 26.4. The normalized spacial score (nSPS) is 14.8. The van der Waals surface area contributed by atoms with Crippen LogP contribution >= 0.6 is 8.53 Å². The number of alkyl carbamates (subject to hydrolysis) is 1. The molecule has 1 amide bonds. The number of ether oxygens (including phenoxy) is 1. The Kier molecular flexibility index (Phi) is 22.2. The average molecular weight is 836 g/mol. The zero-order valence-corrected chi connectivity index (χ0v) is 39.8. The van der Waals surface area contributed by atoms with Crippen molar-refractivity contribution in [1.29, 1.82) is 5.26 Å². The number of benzene rings is 2. The van der Waals surface area contributed by atoms with Crippen molar-refractivity contribution in [3.63, 3.8) is 0 Å². The topological polar surface area (TPSA) is 93.0 Å². The monoisotopic (exact) mass is 836 g/mol. The lowest BCUT2D eigenvalue weighted by Gasteiger charge is -2.41. The van der Waals surface area contributed by atoms with E-state index < -0.39 is 35.1 Å². The van der Waals surface area contributed by atoms with Gasteiger partial charge in [-0.25, -0.2) is 9.46 Å². The van der Waals surface area contributed by atoms with Crippen LogP contribution in [0.1, 0.15) is 156 Å². The fourth-order valence-corrected chi connectivity index (χ4v) is 10.3. The van der Waals surface area contributed by atoms with E-state index in [1.165, 1.54) is 86.5 Å². The summed E-state index contributed by atoms with van der Waals surface area (Å²) in [6.07, 6.45) is 19.0. The molecule has 58 heavy (non-hydrogen) atoms. The second kappa shape index (κ2) is 25.9. The van der Waals surface area contributed by atoms with Gasteiger partial charge < -0.3 is 23.5 Å². The summed E-state index contributed by atoms with van der Waals surface area (Å²) in [6, 6.07) is 18.7. The third-order valence-corrected chi connectivity index (χ3v) is 18.2. The van der Waals surface area contributed by atoms with Gasteiger partial charge in [0.25, 0.3) is 8.53 Å². The molecule has 3 atom stereocenters. The number of nitrogens with one attached hydrogen (secondary N) is 1. The Morgan fingerprint density at radius 3 is 1.91 bits per heavy atom. The van der Waals surface area contributed by atoms with Gasteiger partial charge in [0, 0.05) is 18.0 Å². The van der Waals surface area contributed by atoms with Crippen LogP contribution in [0.4, 0.5) is 4.79 Å². The summed E-state index contributed by atoms with van der Waals surface area (Å²) < 4.78 is 28.4. The Bertz CT molecular complexity index is 1500. The van der Waals surface area contributed by atoms with Gasteiger partial charge in [-0.05, 0) is 80.9 Å². The molecule has 0 heterocycles. The van der Waals surface area contributed by atoms with Gasteiger partial charge in [-0.3, -0.25) is 0 Å². The molecule has 1 aliphatic rings. The van der Waals surface area contributed by atoms with E-state index in [2.05, 4.69) is 133 Å². The van der Waals surface area contributed by atoms with Gasteiger partial charge in [0.05, 0.1) is 37.8 Å². The van der Waals surface area contributed by atoms with Gasteiger partial charge in [-0.15, -0.1) is 0 Å². The minimum absolute atomic E-state index is 0.0511. The van der Waals surface area contributed by atoms with Gasteiger partial charge in [0.15, 0.2) is 8.32 Å². The Morgan fingerprint density at radius 1 is 0.862 bits per heavy atom. The summed E-state index contributed by atoms with van der Waals surface area (Å²) in [5.74, 6) is -0.0511. The van der Waals surface area contributed by atoms with Crippen molar-refractivity contribution in [3.8, 4) is 17.2 Å². The van der Waals surface area contributed by atoms with Crippen molar-refractivity contribution in [2.75, 3.05) is 19.8 Å². The standard InChI is InChI=1S/C48H78N3O5PSi/c1-11-12-13-14-15-16-17-18-19-20-21-22-23-33-46(56-58(9,10)48(6,7)8)45(37-55-57(54-35-28-34-49)51(38(2)3)39(4)5)50-47(52)53-36-44-42-31-26-24-29-40(42)41-30-25-27-32-43(41)44/h23-27,29-33,38-39,44-46H,11-22,28,35-37H2,1-10H3,(H,50,52)/b33-23+/t45-,46+,57?/m0/s1. The van der Waals surface area contributed by atoms with E-state index in [0.717, 1.165) is 12.8 Å². The smallest absolute Gasteiger partial charge is 0.407 e. The quantitative estimate of drug-likeness (QED) is 0.0395. The molecular formula is C48H78N3O5PSi. The summed E-state index contributed by atoms with van der Waals surface area (Å²) in [5.41, 5.74) is 4.72. The van der Waals surface area contributed by atoms with Crippen molar-refractivity contribution >= 4 is 22.9 Å². The Balaban J connectivity index is 1.81. The molecule has 1 N–H and O–H groups in total. The Labute approximate surface area is 355 Å². The highest BCUT2D eigenvalue weighted by Gasteiger charge is 2.41. The van der Waals surface area contributed by atoms with Crippen LogP contribution in [0.25, 0.3) is 11.1 Å². The lowest BCUT2D eigenvalue weighted by Crippen LogP contribution is -2.53. The van der Waals surface area contributed by atoms with Crippen LogP contribution in [-0.4, -0.2) is 63.1 Å². The molecule has 324 valence electrons. The van der Waals surface area contributed by atoms with Crippen LogP contribution in [0.15, 0.2) is 60.7 Å². The molecule has 10 heteroatoms. The minimum Gasteiger partial charge on any atom is -0.449 e. The predicted octanol–water partition coefficient (Wildman–Crippen LogP) is 13.8. The van der Waals surface area contributed by atoms with E-state index in [-0.39, 0.29) is 49.3 Å². The highest BCUT2D eigenvalue weighted by atomic mass is 31.2. The number of hydrogen-bond donors (Lipinski definition) is 1. The maximum absolute atomic E-state index is 14.0. The molecule has 0 saturated heterocycles. The molecule has 0 aliphatic heterocycles. The van der Waals surface area contributed by atoms with Crippen molar-refractivity contribution in [2.45, 2.75) is 187 Å². The molecule has 0 aromatic heterocycles. The number of nitriles is 1. The summed E-state index contributed by atoms with van der Waals surface area (Å²) in [7, 11) is -3.85. The van der Waals surface area contributed by atoms with Crippen LogP contribution < -0.4 is 5.32 Å². The molecule has 2 aromatic carbocycles. The SMILES string of the molecule is CCCCCCCCCCCCC/C=C/[C@@H](O[Si](C)(C)C(C)(C)C)[C@H](COP(OCCC#N)N(C(C)C)C(C)C)NC(=O)OCC1c2ccccc2-c2ccccc21. The summed E-state index contributed by atoms with van der Waals surface area (Å²) in [6.45, 7) is 22.6. The van der Waals surface area contributed by atoms with E-state index in [4.69, 9.17) is 18.2 Å². The van der Waals surface area contributed by atoms with Gasteiger partial charge >= 0.3 is 6.09 Å². The number of carbonyl (C=O) groups excluding carboxylic acids is 1. The van der Waals surface area contributed by atoms with Crippen LogP contribution in [0.3, 0.4) is 0 Å². The first-order chi connectivity index (χ1) is 27.7. The van der Waals surface area contributed by atoms with E-state index >= 15 is 0 Å². The van der Waals surface area contributed by atoms with Crippen molar-refractivity contribution in [3.05, 3.63) is 71.8 Å². The fourth-order valence-electron chi connectivity index (χ4n) is 7.40. The third-order valence-electron chi connectivity index (χ3n) is 11.6. The molecule has 0 saturated carbocycles. The molecule has 1 unspecified atom stereocenters. The van der Waals surface area contributed by atoms with Crippen LogP contribution in [0.5, 0.6) is 0 Å². The maximum Gasteiger partial charge on any atom is 0.407 e. The van der Waals surface area contributed by atoms with E-state index in [1.807, 2.05) is 12.1 Å². The van der Waals surface area contributed by atoms with E-state index in [1.54, 1.807) is 0 Å². The summed E-state index contributed by atoms with van der Waals surface area (Å²) >= 11 is 0. The second-order valence-electron chi connectivity index (χ2n) is 18.0. The first kappa shape index (κ1) is 49.8. The van der Waals surface area contributed by atoms with Crippen LogP contribution in [0, 0.1) is 11.3 Å². The van der Waals surface area contributed by atoms with Crippen LogP contribution in [0.2, 0.25) is 18.1 Å². The van der Waals surface area contributed by atoms with Gasteiger partial charge in [-0.2, -0.15) is 5.26 Å². The minimum atomic E-state index is -2.32. The maximum atomic E-state index is 14.0. The average Bonchev–Trinajstić information content (AvgIpc) is 3.49. The highest BCUT2D eigenvalue weighted by molar-refractivity contribution is 7.44. The number of allylic oxidation sites excluding steroid dienone is 1. The fraction of sp³-hybridized carbons (Fsp3) is 0.667. The zero-order valence-electron chi connectivity index (χ0n) is 37.9. The van der Waals surface area contributed by atoms with E-state index in [9.17, 15) is 10.1 Å². The second-order valence-corrected chi connectivity index (χ2v) is 24.2. The molecule has 2 aromatic rings. The number of carbonyl (C=O) groups is 1. The molecule has 0 radical (unpaired) electrons. The number of amides is 1. The summed E-state index contributed by atoms with van der Waals surface area (Å²) in [4.78, 5) is 14.0. The van der Waals surface area contributed by atoms with Crippen LogP contribution in [-0.2, 0) is 18.2 Å². The predicted molar refractivity (Wildman–Crippen MR) is 245 cm³/mol. The van der Waals surface area contributed by atoms with E-state index in [0.29, 0.717) is 0 Å². The molecule has 0 spiro atoms. The third kappa shape index (κ3) is 16.1. The number of unbranched alkanes of at least 4 members (excludes halogenated alkanes) is 11. The molecule has 0 fully saturated rings. The number of hydrogen-bond acceptors (Lipinski definition) is 7. The zero-order chi connectivity index (χ0) is 42.6. The summed E-state index contributed by atoms with van der Waals surface area (Å²) in [5, 5.41) is 12.5. The Hall–Kier alpha value is -2.57. The molecule has 1 aliphatic carbocycles. The number of nitrogens with zero attached hydrogens (tertiary/aromatic N) is 2. The lowest BCUT2D eigenvalue weighted by atomic mass is 9.98. The first-order valence-electron chi connectivity index (χ1n) is 22.4. The molecule has 3 rings (SSSR count). The number of rotatable bonds is 28. The van der Waals surface area contributed by atoms with Crippen molar-refractivity contribution < 1.29 is 23.0 Å². The Morgan fingerprint density at radius 2 is 1.40 bits per heavy atom. The molecule has 8 nitrogen and oxygen atoms in total. The van der Waals surface area contributed by atoms with Crippen molar-refractivity contribution in [2.24, 2.45) is 0 Å². The lowest BCUT2D eigenvalue weighted by molar-refractivity contribution is 0.0984.